The third-order valence-corrected chi connectivity index (χ3v) is 4.89. The van der Waals surface area contributed by atoms with E-state index in [9.17, 15) is 10.1 Å². The van der Waals surface area contributed by atoms with Crippen LogP contribution in [0, 0.1) is 10.1 Å². The van der Waals surface area contributed by atoms with E-state index in [0.29, 0.717) is 27.1 Å². The van der Waals surface area contributed by atoms with Gasteiger partial charge in [-0.1, -0.05) is 71.7 Å². The molecule has 0 atom stereocenters. The van der Waals surface area contributed by atoms with Crippen molar-refractivity contribution in [1.29, 1.82) is 0 Å². The Morgan fingerprint density at radius 3 is 2.25 bits per heavy atom. The second-order valence-corrected chi connectivity index (χ2v) is 6.89. The number of aromatic nitrogens is 2. The minimum absolute atomic E-state index is 0.0174. The normalized spacial score (nSPS) is 10.8. The maximum atomic E-state index is 11.2. The van der Waals surface area contributed by atoms with Gasteiger partial charge in [0.25, 0.3) is 5.69 Å². The second-order valence-electron chi connectivity index (χ2n) is 6.07. The summed E-state index contributed by atoms with van der Waals surface area (Å²) >= 11 is 12.7. The fourth-order valence-corrected chi connectivity index (χ4v) is 3.42. The van der Waals surface area contributed by atoms with Crippen molar-refractivity contribution in [2.24, 2.45) is 0 Å². The molecule has 1 aromatic heterocycles. The van der Waals surface area contributed by atoms with Crippen molar-refractivity contribution in [3.8, 4) is 28.2 Å². The summed E-state index contributed by atoms with van der Waals surface area (Å²) in [6.45, 7) is 0. The first kappa shape index (κ1) is 18.2. The third kappa shape index (κ3) is 3.38. The van der Waals surface area contributed by atoms with E-state index in [1.165, 1.54) is 12.1 Å². The lowest BCUT2D eigenvalue weighted by Crippen LogP contribution is -2.00. The monoisotopic (exact) mass is 409 g/mol. The van der Waals surface area contributed by atoms with Gasteiger partial charge in [-0.15, -0.1) is 0 Å². The summed E-state index contributed by atoms with van der Waals surface area (Å²) in [5, 5.41) is 16.9. The smallest absolute Gasteiger partial charge is 0.258 e. The molecule has 0 radical (unpaired) electrons. The topological polar surface area (TPSA) is 61.0 Å². The highest BCUT2D eigenvalue weighted by Crippen LogP contribution is 2.38. The van der Waals surface area contributed by atoms with Gasteiger partial charge in [-0.05, 0) is 18.2 Å². The van der Waals surface area contributed by atoms with Crippen molar-refractivity contribution in [3.63, 3.8) is 0 Å². The molecular weight excluding hydrogens is 397 g/mol. The Labute approximate surface area is 170 Å². The Morgan fingerprint density at radius 2 is 1.57 bits per heavy atom. The minimum atomic E-state index is -0.434. The molecule has 138 valence electrons. The van der Waals surface area contributed by atoms with Crippen LogP contribution in [0.5, 0.6) is 0 Å². The number of halogens is 2. The SMILES string of the molecule is O=[N+]([O-])c1cccc(-n2nc(-c3ccc(Cl)cc3)c(Cl)c2-c2ccccc2)c1. The lowest BCUT2D eigenvalue weighted by molar-refractivity contribution is -0.384. The van der Waals surface area contributed by atoms with Gasteiger partial charge in [0.15, 0.2) is 0 Å². The molecule has 1 heterocycles. The predicted molar refractivity (Wildman–Crippen MR) is 111 cm³/mol. The van der Waals surface area contributed by atoms with Crippen LogP contribution in [0.3, 0.4) is 0 Å². The number of non-ortho nitro benzene ring substituents is 1. The van der Waals surface area contributed by atoms with Gasteiger partial charge in [0.2, 0.25) is 0 Å². The molecule has 0 bridgehead atoms. The lowest BCUT2D eigenvalue weighted by atomic mass is 10.1. The molecule has 5 nitrogen and oxygen atoms in total. The molecule has 0 aliphatic rings. The molecule has 0 amide bonds. The molecule has 0 saturated heterocycles. The van der Waals surface area contributed by atoms with Crippen LogP contribution in [0.4, 0.5) is 5.69 Å². The molecule has 7 heteroatoms. The zero-order chi connectivity index (χ0) is 19.7. The molecular formula is C21H13Cl2N3O2. The highest BCUT2D eigenvalue weighted by Gasteiger charge is 2.21. The maximum Gasteiger partial charge on any atom is 0.271 e. The summed E-state index contributed by atoms with van der Waals surface area (Å²) in [7, 11) is 0. The number of hydrogen-bond donors (Lipinski definition) is 0. The predicted octanol–water partition coefficient (Wildman–Crippen LogP) is 6.42. The Hall–Kier alpha value is -3.15. The van der Waals surface area contributed by atoms with Crippen LogP contribution in [0.25, 0.3) is 28.2 Å². The first-order chi connectivity index (χ1) is 13.5. The molecule has 3 aromatic carbocycles. The number of rotatable bonds is 4. The fraction of sp³-hybridized carbons (Fsp3) is 0. The van der Waals surface area contributed by atoms with Crippen LogP contribution in [0.1, 0.15) is 0 Å². The number of nitro benzene ring substituents is 1. The van der Waals surface area contributed by atoms with Crippen LogP contribution in [0.15, 0.2) is 78.9 Å². The molecule has 28 heavy (non-hydrogen) atoms. The second kappa shape index (κ2) is 7.46. The van der Waals surface area contributed by atoms with Crippen molar-refractivity contribution in [2.45, 2.75) is 0 Å². The zero-order valence-corrected chi connectivity index (χ0v) is 15.9. The van der Waals surface area contributed by atoms with Crippen LogP contribution >= 0.6 is 23.2 Å². The lowest BCUT2D eigenvalue weighted by Gasteiger charge is -2.08. The standard InChI is InChI=1S/C21H13Cl2N3O2/c22-16-11-9-14(10-12-16)20-19(23)21(15-5-2-1-3-6-15)25(24-20)17-7-4-8-18(13-17)26(27)28/h1-13H. The van der Waals surface area contributed by atoms with E-state index in [0.717, 1.165) is 11.1 Å². The Bertz CT molecular complexity index is 1160. The van der Waals surface area contributed by atoms with Gasteiger partial charge in [0.05, 0.1) is 21.3 Å². The number of benzene rings is 3. The van der Waals surface area contributed by atoms with E-state index in [2.05, 4.69) is 5.10 Å². The first-order valence-corrected chi connectivity index (χ1v) is 9.15. The molecule has 4 rings (SSSR count). The zero-order valence-electron chi connectivity index (χ0n) is 14.4. The van der Waals surface area contributed by atoms with Crippen molar-refractivity contribution in [3.05, 3.63) is 99.0 Å². The van der Waals surface area contributed by atoms with E-state index < -0.39 is 4.92 Å². The van der Waals surface area contributed by atoms with Crippen LogP contribution < -0.4 is 0 Å². The van der Waals surface area contributed by atoms with Crippen LogP contribution in [-0.2, 0) is 0 Å². The molecule has 0 fully saturated rings. The van der Waals surface area contributed by atoms with Gasteiger partial charge in [0.1, 0.15) is 5.69 Å². The summed E-state index contributed by atoms with van der Waals surface area (Å²) in [6.07, 6.45) is 0. The van der Waals surface area contributed by atoms with E-state index in [4.69, 9.17) is 23.2 Å². The summed E-state index contributed by atoms with van der Waals surface area (Å²) in [6, 6.07) is 23.1. The van der Waals surface area contributed by atoms with E-state index in [1.807, 2.05) is 42.5 Å². The molecule has 0 saturated carbocycles. The van der Waals surface area contributed by atoms with Gasteiger partial charge < -0.3 is 0 Å². The average Bonchev–Trinajstić information content (AvgIpc) is 3.06. The summed E-state index contributed by atoms with van der Waals surface area (Å²) in [4.78, 5) is 10.8. The van der Waals surface area contributed by atoms with Crippen molar-refractivity contribution < 1.29 is 4.92 Å². The van der Waals surface area contributed by atoms with Gasteiger partial charge in [-0.3, -0.25) is 10.1 Å². The van der Waals surface area contributed by atoms with E-state index in [1.54, 1.807) is 28.9 Å². The Balaban J connectivity index is 1.97. The van der Waals surface area contributed by atoms with Crippen molar-refractivity contribution in [1.82, 2.24) is 9.78 Å². The van der Waals surface area contributed by atoms with Crippen LogP contribution in [0.2, 0.25) is 10.0 Å². The van der Waals surface area contributed by atoms with Crippen LogP contribution in [-0.4, -0.2) is 14.7 Å². The van der Waals surface area contributed by atoms with Gasteiger partial charge in [0, 0.05) is 28.3 Å². The van der Waals surface area contributed by atoms with Crippen molar-refractivity contribution >= 4 is 28.9 Å². The quantitative estimate of drug-likeness (QED) is 0.288. The molecule has 4 aromatic rings. The number of nitrogens with zero attached hydrogens (tertiary/aromatic N) is 3. The highest BCUT2D eigenvalue weighted by atomic mass is 35.5. The Morgan fingerprint density at radius 1 is 0.857 bits per heavy atom. The highest BCUT2D eigenvalue weighted by molar-refractivity contribution is 6.35. The van der Waals surface area contributed by atoms with E-state index >= 15 is 0 Å². The van der Waals surface area contributed by atoms with Gasteiger partial charge in [-0.2, -0.15) is 5.10 Å². The van der Waals surface area contributed by atoms with E-state index in [-0.39, 0.29) is 5.69 Å². The number of hydrogen-bond acceptors (Lipinski definition) is 3. The maximum absolute atomic E-state index is 11.2. The first-order valence-electron chi connectivity index (χ1n) is 8.39. The molecule has 0 unspecified atom stereocenters. The molecule has 0 spiro atoms. The molecule has 0 aliphatic carbocycles. The number of nitro groups is 1. The largest absolute Gasteiger partial charge is 0.271 e. The minimum Gasteiger partial charge on any atom is -0.258 e. The Kier molecular flexibility index (Phi) is 4.86. The van der Waals surface area contributed by atoms with Gasteiger partial charge >= 0.3 is 0 Å². The summed E-state index contributed by atoms with van der Waals surface area (Å²) < 4.78 is 1.63. The summed E-state index contributed by atoms with van der Waals surface area (Å²) in [5.74, 6) is 0. The molecule has 0 N–H and O–H groups in total. The average molecular weight is 410 g/mol. The summed E-state index contributed by atoms with van der Waals surface area (Å²) in [5.41, 5.74) is 3.42. The molecule has 0 aliphatic heterocycles. The third-order valence-electron chi connectivity index (χ3n) is 4.28. The van der Waals surface area contributed by atoms with Gasteiger partial charge in [-0.25, -0.2) is 4.68 Å². The fourth-order valence-electron chi connectivity index (χ4n) is 2.96. The van der Waals surface area contributed by atoms with Crippen molar-refractivity contribution in [2.75, 3.05) is 0 Å².